The normalized spacial score (nSPS) is 10.7. The SMILES string of the molecule is C=C(CCl)CN(C)Cc1cccc(Br)c1. The van der Waals surface area contributed by atoms with E-state index >= 15 is 0 Å². The van der Waals surface area contributed by atoms with E-state index in [9.17, 15) is 0 Å². The Balaban J connectivity index is 2.51. The number of hydrogen-bond donors (Lipinski definition) is 0. The minimum atomic E-state index is 0.531. The van der Waals surface area contributed by atoms with Crippen molar-refractivity contribution in [1.82, 2.24) is 4.90 Å². The highest BCUT2D eigenvalue weighted by molar-refractivity contribution is 9.10. The van der Waals surface area contributed by atoms with Crippen molar-refractivity contribution in [2.24, 2.45) is 0 Å². The number of benzene rings is 1. The van der Waals surface area contributed by atoms with Crippen molar-refractivity contribution in [2.75, 3.05) is 19.5 Å². The number of hydrogen-bond acceptors (Lipinski definition) is 1. The Morgan fingerprint density at radius 3 is 2.87 bits per heavy atom. The van der Waals surface area contributed by atoms with Gasteiger partial charge < -0.3 is 0 Å². The lowest BCUT2D eigenvalue weighted by Gasteiger charge is -2.17. The molecule has 0 bridgehead atoms. The number of nitrogens with zero attached hydrogens (tertiary/aromatic N) is 1. The van der Waals surface area contributed by atoms with Crippen LogP contribution in [0.1, 0.15) is 5.56 Å². The maximum absolute atomic E-state index is 5.69. The molecule has 0 aliphatic heterocycles. The van der Waals surface area contributed by atoms with Crippen molar-refractivity contribution >= 4 is 27.5 Å². The minimum absolute atomic E-state index is 0.531. The molecule has 0 saturated carbocycles. The highest BCUT2D eigenvalue weighted by Crippen LogP contribution is 2.13. The predicted octanol–water partition coefficient (Wildman–Crippen LogP) is 3.68. The van der Waals surface area contributed by atoms with Crippen LogP contribution < -0.4 is 0 Å². The lowest BCUT2D eigenvalue weighted by molar-refractivity contribution is 0.356. The molecule has 0 spiro atoms. The van der Waals surface area contributed by atoms with E-state index in [1.807, 2.05) is 12.1 Å². The van der Waals surface area contributed by atoms with Gasteiger partial charge >= 0.3 is 0 Å². The molecule has 0 aromatic heterocycles. The number of halogens is 2. The van der Waals surface area contributed by atoms with E-state index in [0.29, 0.717) is 5.88 Å². The Morgan fingerprint density at radius 2 is 2.27 bits per heavy atom. The zero-order chi connectivity index (χ0) is 11.3. The van der Waals surface area contributed by atoms with Crippen LogP contribution in [-0.4, -0.2) is 24.4 Å². The fourth-order valence-corrected chi connectivity index (χ4v) is 1.96. The van der Waals surface area contributed by atoms with E-state index in [1.165, 1.54) is 5.56 Å². The van der Waals surface area contributed by atoms with E-state index in [2.05, 4.69) is 46.6 Å². The van der Waals surface area contributed by atoms with Gasteiger partial charge in [0.2, 0.25) is 0 Å². The fourth-order valence-electron chi connectivity index (χ4n) is 1.43. The van der Waals surface area contributed by atoms with Gasteiger partial charge in [0.1, 0.15) is 0 Å². The monoisotopic (exact) mass is 287 g/mol. The van der Waals surface area contributed by atoms with Gasteiger partial charge in [0.15, 0.2) is 0 Å². The van der Waals surface area contributed by atoms with Gasteiger partial charge in [0.05, 0.1) is 0 Å². The zero-order valence-electron chi connectivity index (χ0n) is 8.84. The molecule has 1 nitrogen and oxygen atoms in total. The Labute approximate surface area is 105 Å². The van der Waals surface area contributed by atoms with Crippen molar-refractivity contribution in [3.8, 4) is 0 Å². The highest BCUT2D eigenvalue weighted by atomic mass is 79.9. The summed E-state index contributed by atoms with van der Waals surface area (Å²) in [4.78, 5) is 2.20. The number of rotatable bonds is 5. The highest BCUT2D eigenvalue weighted by Gasteiger charge is 2.02. The molecule has 15 heavy (non-hydrogen) atoms. The summed E-state index contributed by atoms with van der Waals surface area (Å²) in [5.41, 5.74) is 2.34. The second-order valence-corrected chi connectivity index (χ2v) is 4.87. The zero-order valence-corrected chi connectivity index (χ0v) is 11.2. The van der Waals surface area contributed by atoms with E-state index in [0.717, 1.165) is 23.1 Å². The molecule has 82 valence electrons. The molecule has 1 aromatic rings. The first-order valence-corrected chi connectivity index (χ1v) is 6.10. The Hall–Kier alpha value is -0.310. The maximum Gasteiger partial charge on any atom is 0.0443 e. The average molecular weight is 289 g/mol. The summed E-state index contributed by atoms with van der Waals surface area (Å²) in [5.74, 6) is 0.531. The molecule has 0 N–H and O–H groups in total. The quantitative estimate of drug-likeness (QED) is 0.590. The van der Waals surface area contributed by atoms with E-state index < -0.39 is 0 Å². The van der Waals surface area contributed by atoms with Crippen LogP contribution in [0.15, 0.2) is 40.9 Å². The molecule has 0 unspecified atom stereocenters. The van der Waals surface area contributed by atoms with Crippen LogP contribution in [0.3, 0.4) is 0 Å². The van der Waals surface area contributed by atoms with Crippen LogP contribution in [0.2, 0.25) is 0 Å². The molecular formula is C12H15BrClN. The number of likely N-dealkylation sites (N-methyl/N-ethyl adjacent to an activating group) is 1. The van der Waals surface area contributed by atoms with Crippen LogP contribution in [0.5, 0.6) is 0 Å². The largest absolute Gasteiger partial charge is 0.298 e. The predicted molar refractivity (Wildman–Crippen MR) is 70.3 cm³/mol. The van der Waals surface area contributed by atoms with Gasteiger partial charge in [-0.25, -0.2) is 0 Å². The fraction of sp³-hybridized carbons (Fsp3) is 0.333. The van der Waals surface area contributed by atoms with Crippen molar-refractivity contribution in [2.45, 2.75) is 6.54 Å². The second-order valence-electron chi connectivity index (χ2n) is 3.69. The average Bonchev–Trinajstić information content (AvgIpc) is 2.17. The molecule has 0 heterocycles. The van der Waals surface area contributed by atoms with Crippen molar-refractivity contribution in [1.29, 1.82) is 0 Å². The first kappa shape index (κ1) is 12.8. The molecule has 1 rings (SSSR count). The molecule has 0 saturated heterocycles. The van der Waals surface area contributed by atoms with E-state index in [1.54, 1.807) is 0 Å². The van der Waals surface area contributed by atoms with E-state index in [4.69, 9.17) is 11.6 Å². The minimum Gasteiger partial charge on any atom is -0.298 e. The van der Waals surface area contributed by atoms with Crippen molar-refractivity contribution in [3.63, 3.8) is 0 Å². The summed E-state index contributed by atoms with van der Waals surface area (Å²) in [6.07, 6.45) is 0. The van der Waals surface area contributed by atoms with Gasteiger partial charge in [0, 0.05) is 23.4 Å². The molecule has 0 radical (unpaired) electrons. The first-order valence-electron chi connectivity index (χ1n) is 4.77. The topological polar surface area (TPSA) is 3.24 Å². The summed E-state index contributed by atoms with van der Waals surface area (Å²) >= 11 is 9.15. The van der Waals surface area contributed by atoms with Gasteiger partial charge in [0.25, 0.3) is 0 Å². The molecule has 0 aliphatic carbocycles. The lowest BCUT2D eigenvalue weighted by atomic mass is 10.2. The Morgan fingerprint density at radius 1 is 1.53 bits per heavy atom. The maximum atomic E-state index is 5.69. The smallest absolute Gasteiger partial charge is 0.0443 e. The second kappa shape index (κ2) is 6.31. The van der Waals surface area contributed by atoms with Crippen LogP contribution >= 0.6 is 27.5 Å². The molecule has 1 aromatic carbocycles. The van der Waals surface area contributed by atoms with Crippen LogP contribution in [0.4, 0.5) is 0 Å². The molecule has 0 atom stereocenters. The van der Waals surface area contributed by atoms with E-state index in [-0.39, 0.29) is 0 Å². The van der Waals surface area contributed by atoms with Crippen LogP contribution in [-0.2, 0) is 6.54 Å². The summed E-state index contributed by atoms with van der Waals surface area (Å²) < 4.78 is 1.12. The third-order valence-corrected chi connectivity index (χ3v) is 2.90. The van der Waals surface area contributed by atoms with Gasteiger partial charge in [-0.3, -0.25) is 4.90 Å². The Kier molecular flexibility index (Phi) is 5.37. The third kappa shape index (κ3) is 4.83. The van der Waals surface area contributed by atoms with Gasteiger partial charge in [-0.05, 0) is 30.3 Å². The Bertz CT molecular complexity index is 338. The van der Waals surface area contributed by atoms with Gasteiger partial charge in [-0.2, -0.15) is 0 Å². The summed E-state index contributed by atoms with van der Waals surface area (Å²) in [7, 11) is 2.07. The third-order valence-electron chi connectivity index (χ3n) is 2.02. The molecule has 0 aliphatic rings. The molecular weight excluding hydrogens is 273 g/mol. The molecule has 0 fully saturated rings. The molecule has 3 heteroatoms. The summed E-state index contributed by atoms with van der Waals surface area (Å²) in [6, 6.07) is 8.31. The summed E-state index contributed by atoms with van der Waals surface area (Å²) in [6.45, 7) is 5.64. The van der Waals surface area contributed by atoms with Crippen molar-refractivity contribution in [3.05, 3.63) is 46.5 Å². The summed E-state index contributed by atoms with van der Waals surface area (Å²) in [5, 5.41) is 0. The number of alkyl halides is 1. The van der Waals surface area contributed by atoms with Crippen LogP contribution in [0.25, 0.3) is 0 Å². The van der Waals surface area contributed by atoms with Gasteiger partial charge in [-0.1, -0.05) is 34.6 Å². The van der Waals surface area contributed by atoms with Crippen LogP contribution in [0, 0.1) is 0 Å². The lowest BCUT2D eigenvalue weighted by Crippen LogP contribution is -2.20. The van der Waals surface area contributed by atoms with Crippen molar-refractivity contribution < 1.29 is 0 Å². The molecule has 0 amide bonds. The standard InChI is InChI=1S/C12H15BrClN/c1-10(7-14)8-15(2)9-11-4-3-5-12(13)6-11/h3-6H,1,7-9H2,2H3. The van der Waals surface area contributed by atoms with Gasteiger partial charge in [-0.15, -0.1) is 11.6 Å². The first-order chi connectivity index (χ1) is 7.11.